The van der Waals surface area contributed by atoms with E-state index < -0.39 is 0 Å². The third-order valence-electron chi connectivity index (χ3n) is 3.24. The molecule has 0 spiro atoms. The Hall–Kier alpha value is -1.89. The van der Waals surface area contributed by atoms with E-state index in [1.54, 1.807) is 13.1 Å². The van der Waals surface area contributed by atoms with Crippen LogP contribution in [-0.2, 0) is 4.79 Å². The van der Waals surface area contributed by atoms with Crippen LogP contribution in [0.3, 0.4) is 0 Å². The average Bonchev–Trinajstić information content (AvgIpc) is 2.46. The average molecular weight is 250 g/mol. The lowest BCUT2D eigenvalue weighted by Gasteiger charge is -2.31. The molecular weight excluding hydrogens is 232 g/mol. The Bertz CT molecular complexity index is 416. The minimum absolute atomic E-state index is 0.111. The van der Waals surface area contributed by atoms with Crippen LogP contribution in [0, 0.1) is 5.92 Å². The van der Waals surface area contributed by atoms with Gasteiger partial charge in [-0.25, -0.2) is 15.8 Å². The number of hydrogen-bond donors (Lipinski definition) is 3. The number of anilines is 2. The largest absolute Gasteiger partial charge is 0.359 e. The summed E-state index contributed by atoms with van der Waals surface area (Å²) in [7, 11) is 1.68. The van der Waals surface area contributed by atoms with Crippen molar-refractivity contribution in [2.24, 2.45) is 11.8 Å². The second kappa shape index (κ2) is 5.63. The Morgan fingerprint density at radius 3 is 2.78 bits per heavy atom. The second-order valence-electron chi connectivity index (χ2n) is 4.28. The molecule has 1 fully saturated rings. The molecule has 0 saturated carbocycles. The zero-order chi connectivity index (χ0) is 13.0. The number of piperidine rings is 1. The minimum atomic E-state index is 0.111. The van der Waals surface area contributed by atoms with Crippen LogP contribution in [0.2, 0.25) is 0 Å². The van der Waals surface area contributed by atoms with Crippen molar-refractivity contribution in [2.75, 3.05) is 30.5 Å². The maximum atomic E-state index is 11.5. The number of nitrogens with two attached hydrogens (primary N) is 1. The molecule has 0 unspecified atom stereocenters. The SMILES string of the molecule is CNC(=O)C1CCN(c2cc(NN)ncn2)CC1. The predicted octanol–water partition coefficient (Wildman–Crippen LogP) is -0.275. The molecule has 1 saturated heterocycles. The highest BCUT2D eigenvalue weighted by molar-refractivity contribution is 5.78. The van der Waals surface area contributed by atoms with Gasteiger partial charge in [-0.15, -0.1) is 0 Å². The van der Waals surface area contributed by atoms with Gasteiger partial charge in [0.15, 0.2) is 0 Å². The molecule has 1 aromatic heterocycles. The molecule has 98 valence electrons. The zero-order valence-electron chi connectivity index (χ0n) is 10.4. The zero-order valence-corrected chi connectivity index (χ0v) is 10.4. The highest BCUT2D eigenvalue weighted by atomic mass is 16.1. The Morgan fingerprint density at radius 1 is 1.44 bits per heavy atom. The molecule has 0 aromatic carbocycles. The van der Waals surface area contributed by atoms with E-state index in [-0.39, 0.29) is 11.8 Å². The van der Waals surface area contributed by atoms with E-state index in [0.29, 0.717) is 5.82 Å². The summed E-state index contributed by atoms with van der Waals surface area (Å²) in [6, 6.07) is 1.81. The van der Waals surface area contributed by atoms with Crippen LogP contribution in [0.5, 0.6) is 0 Å². The maximum Gasteiger partial charge on any atom is 0.222 e. The first kappa shape index (κ1) is 12.6. The number of nitrogens with zero attached hydrogens (tertiary/aromatic N) is 3. The van der Waals surface area contributed by atoms with E-state index >= 15 is 0 Å². The lowest BCUT2D eigenvalue weighted by Crippen LogP contribution is -2.40. The molecule has 1 aliphatic heterocycles. The number of hydrazine groups is 1. The summed E-state index contributed by atoms with van der Waals surface area (Å²) in [6.07, 6.45) is 3.17. The van der Waals surface area contributed by atoms with E-state index in [2.05, 4.69) is 25.6 Å². The van der Waals surface area contributed by atoms with Crippen molar-refractivity contribution < 1.29 is 4.79 Å². The molecule has 0 atom stereocenters. The van der Waals surface area contributed by atoms with Gasteiger partial charge in [0.05, 0.1) is 0 Å². The van der Waals surface area contributed by atoms with Crippen LogP contribution in [0.1, 0.15) is 12.8 Å². The number of aromatic nitrogens is 2. The minimum Gasteiger partial charge on any atom is -0.359 e. The highest BCUT2D eigenvalue weighted by Gasteiger charge is 2.24. The summed E-state index contributed by atoms with van der Waals surface area (Å²) in [5, 5.41) is 2.70. The van der Waals surface area contributed by atoms with Crippen LogP contribution in [-0.4, -0.2) is 36.0 Å². The highest BCUT2D eigenvalue weighted by Crippen LogP contribution is 2.22. The summed E-state index contributed by atoms with van der Waals surface area (Å²) in [5.41, 5.74) is 2.50. The van der Waals surface area contributed by atoms with Gasteiger partial charge in [0, 0.05) is 32.1 Å². The number of carbonyl (C=O) groups is 1. The Morgan fingerprint density at radius 2 is 2.17 bits per heavy atom. The summed E-state index contributed by atoms with van der Waals surface area (Å²) < 4.78 is 0. The van der Waals surface area contributed by atoms with Crippen LogP contribution < -0.4 is 21.5 Å². The smallest absolute Gasteiger partial charge is 0.222 e. The molecule has 18 heavy (non-hydrogen) atoms. The second-order valence-corrected chi connectivity index (χ2v) is 4.28. The molecule has 7 nitrogen and oxygen atoms in total. The van der Waals surface area contributed by atoms with Gasteiger partial charge < -0.3 is 15.6 Å². The molecule has 0 aliphatic carbocycles. The molecular formula is C11H18N6O. The topological polar surface area (TPSA) is 96.2 Å². The third-order valence-corrected chi connectivity index (χ3v) is 3.24. The van der Waals surface area contributed by atoms with Gasteiger partial charge in [0.1, 0.15) is 18.0 Å². The van der Waals surface area contributed by atoms with Crippen molar-refractivity contribution in [3.63, 3.8) is 0 Å². The summed E-state index contributed by atoms with van der Waals surface area (Å²) in [4.78, 5) is 21.9. The fraction of sp³-hybridized carbons (Fsp3) is 0.545. The van der Waals surface area contributed by atoms with E-state index in [9.17, 15) is 4.79 Å². The monoisotopic (exact) mass is 250 g/mol. The van der Waals surface area contributed by atoms with Crippen molar-refractivity contribution in [3.05, 3.63) is 12.4 Å². The van der Waals surface area contributed by atoms with Gasteiger partial charge in [-0.2, -0.15) is 0 Å². The summed E-state index contributed by atoms with van der Waals surface area (Å²) in [6.45, 7) is 1.64. The van der Waals surface area contributed by atoms with Gasteiger partial charge >= 0.3 is 0 Å². The molecule has 4 N–H and O–H groups in total. The molecule has 1 amide bonds. The van der Waals surface area contributed by atoms with Crippen LogP contribution in [0.4, 0.5) is 11.6 Å². The third kappa shape index (κ3) is 2.67. The lowest BCUT2D eigenvalue weighted by atomic mass is 9.96. The first-order chi connectivity index (χ1) is 8.74. The summed E-state index contributed by atoms with van der Waals surface area (Å²) in [5.74, 6) is 6.99. The molecule has 2 rings (SSSR count). The molecule has 2 heterocycles. The van der Waals surface area contributed by atoms with Crippen molar-refractivity contribution in [2.45, 2.75) is 12.8 Å². The first-order valence-electron chi connectivity index (χ1n) is 5.99. The number of rotatable bonds is 3. The quantitative estimate of drug-likeness (QED) is 0.504. The van der Waals surface area contributed by atoms with Gasteiger partial charge in [0.25, 0.3) is 0 Å². The lowest BCUT2D eigenvalue weighted by molar-refractivity contribution is -0.125. The number of nitrogens with one attached hydrogen (secondary N) is 2. The van der Waals surface area contributed by atoms with Crippen molar-refractivity contribution in [1.82, 2.24) is 15.3 Å². The molecule has 0 bridgehead atoms. The first-order valence-corrected chi connectivity index (χ1v) is 5.99. The summed E-state index contributed by atoms with van der Waals surface area (Å²) >= 11 is 0. The fourth-order valence-electron chi connectivity index (χ4n) is 2.17. The Balaban J connectivity index is 1.98. The molecule has 7 heteroatoms. The van der Waals surface area contributed by atoms with Gasteiger partial charge in [-0.1, -0.05) is 0 Å². The van der Waals surface area contributed by atoms with Crippen LogP contribution in [0.25, 0.3) is 0 Å². The van der Waals surface area contributed by atoms with Crippen LogP contribution >= 0.6 is 0 Å². The number of amides is 1. The van der Waals surface area contributed by atoms with Crippen molar-refractivity contribution in [3.8, 4) is 0 Å². The number of nitrogen functional groups attached to an aromatic ring is 1. The number of carbonyl (C=O) groups excluding carboxylic acids is 1. The molecule has 1 aromatic rings. The van der Waals surface area contributed by atoms with E-state index in [4.69, 9.17) is 5.84 Å². The van der Waals surface area contributed by atoms with Crippen molar-refractivity contribution >= 4 is 17.5 Å². The molecule has 1 aliphatic rings. The van der Waals surface area contributed by atoms with Gasteiger partial charge in [0.2, 0.25) is 5.91 Å². The predicted molar refractivity (Wildman–Crippen MR) is 68.8 cm³/mol. The standard InChI is InChI=1S/C11H18N6O/c1-13-11(18)8-2-4-17(5-3-8)10-6-9(16-12)14-7-15-10/h6-8H,2-5,12H2,1H3,(H,13,18)(H,14,15,16). The van der Waals surface area contributed by atoms with Gasteiger partial charge in [-0.05, 0) is 12.8 Å². The normalized spacial score (nSPS) is 16.4. The number of hydrogen-bond acceptors (Lipinski definition) is 6. The Kier molecular flexibility index (Phi) is 3.93. The Labute approximate surface area is 106 Å². The maximum absolute atomic E-state index is 11.5. The van der Waals surface area contributed by atoms with Gasteiger partial charge in [-0.3, -0.25) is 4.79 Å². The van der Waals surface area contributed by atoms with E-state index in [1.807, 2.05) is 0 Å². The van der Waals surface area contributed by atoms with E-state index in [1.165, 1.54) is 6.33 Å². The van der Waals surface area contributed by atoms with Crippen molar-refractivity contribution in [1.29, 1.82) is 0 Å². The fourth-order valence-corrected chi connectivity index (χ4v) is 2.17. The van der Waals surface area contributed by atoms with Crippen LogP contribution in [0.15, 0.2) is 12.4 Å². The van der Waals surface area contributed by atoms with E-state index in [0.717, 1.165) is 31.7 Å². The molecule has 0 radical (unpaired) electrons.